The summed E-state index contributed by atoms with van der Waals surface area (Å²) in [5.41, 5.74) is 1.55. The van der Waals surface area contributed by atoms with Crippen LogP contribution in [-0.2, 0) is 25.7 Å². The van der Waals surface area contributed by atoms with Crippen LogP contribution in [0.1, 0.15) is 36.8 Å². The molecule has 1 fully saturated rings. The van der Waals surface area contributed by atoms with E-state index in [1.807, 2.05) is 0 Å². The third-order valence-electron chi connectivity index (χ3n) is 4.41. The Labute approximate surface area is 158 Å². The van der Waals surface area contributed by atoms with Crippen molar-refractivity contribution in [3.8, 4) is 0 Å². The Morgan fingerprint density at radius 3 is 2.29 bits per heavy atom. The summed E-state index contributed by atoms with van der Waals surface area (Å²) >= 11 is 0. The van der Waals surface area contributed by atoms with Crippen LogP contribution in [0.4, 0.5) is 13.2 Å². The van der Waals surface area contributed by atoms with E-state index >= 15 is 0 Å². The second-order valence-corrected chi connectivity index (χ2v) is 6.37. The maximum Gasteiger partial charge on any atom is 0.491 e. The monoisotopic (exact) mass is 400 g/mol. The van der Waals surface area contributed by atoms with Crippen molar-refractivity contribution < 1.29 is 37.5 Å². The van der Waals surface area contributed by atoms with E-state index in [-0.39, 0.29) is 19.4 Å². The number of esters is 2. The van der Waals surface area contributed by atoms with Gasteiger partial charge in [0, 0.05) is 12.6 Å². The predicted octanol–water partition coefficient (Wildman–Crippen LogP) is 2.24. The van der Waals surface area contributed by atoms with Crippen molar-refractivity contribution in [3.05, 3.63) is 41.5 Å². The molecule has 0 saturated heterocycles. The zero-order valence-corrected chi connectivity index (χ0v) is 14.7. The highest BCUT2D eigenvalue weighted by atomic mass is 19.4. The van der Waals surface area contributed by atoms with Gasteiger partial charge in [-0.1, -0.05) is 37.1 Å². The zero-order valence-electron chi connectivity index (χ0n) is 14.7. The molecular weight excluding hydrogens is 381 g/mol. The molecule has 0 spiro atoms. The molecule has 1 amide bonds. The van der Waals surface area contributed by atoms with Gasteiger partial charge in [-0.25, -0.2) is 15.1 Å². The summed E-state index contributed by atoms with van der Waals surface area (Å²) in [4.78, 5) is 34.1. The molecule has 0 heterocycles. The Bertz CT molecular complexity index is 753. The number of rotatable bonds is 6. The topological polar surface area (TPSA) is 105 Å². The number of nitrogens with one attached hydrogen (secondary N) is 2. The van der Waals surface area contributed by atoms with Crippen LogP contribution in [-0.4, -0.2) is 34.8 Å². The second kappa shape index (κ2) is 8.98. The number of hydroxylamine groups is 1. The van der Waals surface area contributed by atoms with Gasteiger partial charge in [-0.3, -0.25) is 15.3 Å². The zero-order chi connectivity index (χ0) is 20.8. The lowest BCUT2D eigenvalue weighted by Gasteiger charge is -2.27. The molecule has 10 heteroatoms. The Morgan fingerprint density at radius 2 is 1.75 bits per heavy atom. The number of benzene rings is 1. The molecule has 1 aliphatic carbocycles. The van der Waals surface area contributed by atoms with E-state index in [0.29, 0.717) is 18.4 Å². The molecule has 28 heavy (non-hydrogen) atoms. The molecule has 0 bridgehead atoms. The van der Waals surface area contributed by atoms with Crippen molar-refractivity contribution in [1.82, 2.24) is 10.8 Å². The minimum Gasteiger partial charge on any atom is -0.385 e. The van der Waals surface area contributed by atoms with Crippen molar-refractivity contribution in [2.24, 2.45) is 0 Å². The van der Waals surface area contributed by atoms with Gasteiger partial charge >= 0.3 is 18.1 Å². The highest BCUT2D eigenvalue weighted by Crippen LogP contribution is 2.32. The molecule has 0 unspecified atom stereocenters. The highest BCUT2D eigenvalue weighted by molar-refractivity contribution is 5.93. The summed E-state index contributed by atoms with van der Waals surface area (Å²) in [6, 6.07) is 6.78. The molecule has 152 valence electrons. The van der Waals surface area contributed by atoms with Crippen LogP contribution in [0.15, 0.2) is 30.3 Å². The number of hydrogen-bond acceptors (Lipinski definition) is 6. The first kappa shape index (κ1) is 21.6. The Hall–Kier alpha value is -2.72. The fraction of sp³-hybridized carbons (Fsp3) is 0.389. The molecule has 0 aliphatic heterocycles. The molecule has 3 N–H and O–H groups in total. The molecule has 0 radical (unpaired) electrons. The average Bonchev–Trinajstić information content (AvgIpc) is 3.14. The quantitative estimate of drug-likeness (QED) is 0.222. The first-order chi connectivity index (χ1) is 13.2. The van der Waals surface area contributed by atoms with Gasteiger partial charge in [0.05, 0.1) is 0 Å². The lowest BCUT2D eigenvalue weighted by molar-refractivity contribution is -0.204. The molecule has 1 aromatic carbocycles. The standard InChI is InChI=1S/C18H19F3N2O5/c19-18(20,21)16(26)28-15(25)17(9-1-2-10-17)22-11-13-5-3-12(4-6-13)7-8-14(24)23-27/h3-8,22,27H,1-2,9-11H2,(H,23,24)/b8-7+. The first-order valence-corrected chi connectivity index (χ1v) is 8.46. The molecule has 0 atom stereocenters. The number of ether oxygens (including phenoxy) is 1. The lowest BCUT2D eigenvalue weighted by atomic mass is 9.97. The number of hydrogen-bond donors (Lipinski definition) is 3. The maximum absolute atomic E-state index is 12.4. The van der Waals surface area contributed by atoms with Crippen LogP contribution in [0, 0.1) is 0 Å². The third-order valence-corrected chi connectivity index (χ3v) is 4.41. The molecular formula is C18H19F3N2O5. The van der Waals surface area contributed by atoms with Crippen LogP contribution in [0.5, 0.6) is 0 Å². The van der Waals surface area contributed by atoms with Gasteiger partial charge in [-0.15, -0.1) is 0 Å². The molecule has 2 rings (SSSR count). The molecule has 0 aromatic heterocycles. The molecule has 1 aliphatic rings. The van der Waals surface area contributed by atoms with E-state index in [2.05, 4.69) is 10.1 Å². The summed E-state index contributed by atoms with van der Waals surface area (Å²) in [5, 5.41) is 11.4. The van der Waals surface area contributed by atoms with Gasteiger partial charge in [0.15, 0.2) is 0 Å². The van der Waals surface area contributed by atoms with E-state index in [0.717, 1.165) is 11.6 Å². The minimum atomic E-state index is -5.23. The lowest BCUT2D eigenvalue weighted by Crippen LogP contribution is -2.51. The van der Waals surface area contributed by atoms with Crippen LogP contribution in [0.3, 0.4) is 0 Å². The largest absolute Gasteiger partial charge is 0.491 e. The minimum absolute atomic E-state index is 0.177. The Balaban J connectivity index is 2.01. The van der Waals surface area contributed by atoms with Gasteiger partial charge < -0.3 is 4.74 Å². The fourth-order valence-corrected chi connectivity index (χ4v) is 2.90. The Morgan fingerprint density at radius 1 is 1.14 bits per heavy atom. The van der Waals surface area contributed by atoms with Crippen molar-refractivity contribution in [2.75, 3.05) is 0 Å². The van der Waals surface area contributed by atoms with Gasteiger partial charge in [0.1, 0.15) is 5.54 Å². The summed E-state index contributed by atoms with van der Waals surface area (Å²) in [7, 11) is 0. The van der Waals surface area contributed by atoms with E-state index in [9.17, 15) is 27.6 Å². The fourth-order valence-electron chi connectivity index (χ4n) is 2.90. The summed E-state index contributed by atoms with van der Waals surface area (Å²) < 4.78 is 41.1. The summed E-state index contributed by atoms with van der Waals surface area (Å²) in [5.74, 6) is -4.42. The van der Waals surface area contributed by atoms with E-state index in [4.69, 9.17) is 5.21 Å². The number of carbonyl (C=O) groups is 3. The number of halogens is 3. The van der Waals surface area contributed by atoms with Crippen LogP contribution >= 0.6 is 0 Å². The first-order valence-electron chi connectivity index (χ1n) is 8.46. The van der Waals surface area contributed by atoms with Gasteiger partial charge in [0.2, 0.25) is 0 Å². The van der Waals surface area contributed by atoms with Crippen molar-refractivity contribution in [2.45, 2.75) is 43.9 Å². The van der Waals surface area contributed by atoms with Crippen LogP contribution in [0.2, 0.25) is 0 Å². The predicted molar refractivity (Wildman–Crippen MR) is 90.6 cm³/mol. The maximum atomic E-state index is 12.4. The summed E-state index contributed by atoms with van der Waals surface area (Å²) in [6.07, 6.45) is -0.832. The molecule has 7 nitrogen and oxygen atoms in total. The van der Waals surface area contributed by atoms with Crippen molar-refractivity contribution in [1.29, 1.82) is 0 Å². The van der Waals surface area contributed by atoms with Gasteiger partial charge in [-0.2, -0.15) is 13.2 Å². The normalized spacial score (nSPS) is 16.1. The van der Waals surface area contributed by atoms with E-state index < -0.39 is 29.6 Å². The average molecular weight is 400 g/mol. The van der Waals surface area contributed by atoms with Gasteiger partial charge in [0.25, 0.3) is 5.91 Å². The highest BCUT2D eigenvalue weighted by Gasteiger charge is 2.48. The van der Waals surface area contributed by atoms with Gasteiger partial charge in [-0.05, 0) is 30.0 Å². The second-order valence-electron chi connectivity index (χ2n) is 6.37. The number of carbonyl (C=O) groups excluding carboxylic acids is 3. The van der Waals surface area contributed by atoms with Crippen LogP contribution in [0.25, 0.3) is 6.08 Å². The number of alkyl halides is 3. The molecule has 1 aromatic rings. The Kier molecular flexibility index (Phi) is 6.92. The number of amides is 1. The smallest absolute Gasteiger partial charge is 0.385 e. The third kappa shape index (κ3) is 5.64. The van der Waals surface area contributed by atoms with E-state index in [1.165, 1.54) is 11.6 Å². The summed E-state index contributed by atoms with van der Waals surface area (Å²) in [6.45, 7) is 0.177. The van der Waals surface area contributed by atoms with Crippen LogP contribution < -0.4 is 10.8 Å². The SMILES string of the molecule is O=C(/C=C/c1ccc(CNC2(C(=O)OC(=O)C(F)(F)F)CCCC2)cc1)NO. The molecule has 1 saturated carbocycles. The van der Waals surface area contributed by atoms with E-state index in [1.54, 1.807) is 24.3 Å². The van der Waals surface area contributed by atoms with Crippen molar-refractivity contribution >= 4 is 23.9 Å². The van der Waals surface area contributed by atoms with Crippen molar-refractivity contribution in [3.63, 3.8) is 0 Å².